The summed E-state index contributed by atoms with van der Waals surface area (Å²) in [5.41, 5.74) is -1.24. The molecule has 1 aromatic carbocycles. The van der Waals surface area contributed by atoms with E-state index in [-0.39, 0.29) is 0 Å². The number of halogens is 3. The van der Waals surface area contributed by atoms with E-state index in [4.69, 9.17) is 18.9 Å². The molecule has 1 aliphatic heterocycles. The monoisotopic (exact) mass is 493 g/mol. The van der Waals surface area contributed by atoms with Gasteiger partial charge in [-0.15, -0.1) is 0 Å². The van der Waals surface area contributed by atoms with Gasteiger partial charge >= 0.3 is 30.0 Å². The van der Waals surface area contributed by atoms with Crippen molar-refractivity contribution in [3.8, 4) is 0 Å². The lowest BCUT2D eigenvalue weighted by atomic mass is 9.97. The van der Waals surface area contributed by atoms with E-state index >= 15 is 0 Å². The zero-order valence-corrected chi connectivity index (χ0v) is 18.6. The minimum Gasteiger partial charge on any atom is -0.463 e. The number of hydrogen-bond donors (Lipinski definition) is 1. The Hall–Kier alpha value is -2.80. The lowest BCUT2D eigenvalue weighted by molar-refractivity contribution is -0.214. The average Bonchev–Trinajstić information content (AvgIpc) is 2.70. The van der Waals surface area contributed by atoms with Crippen LogP contribution in [0.5, 0.6) is 0 Å². The molecule has 1 heterocycles. The van der Waals surface area contributed by atoms with Gasteiger partial charge in [-0.3, -0.25) is 19.2 Å². The minimum absolute atomic E-state index is 0.448. The smallest absolute Gasteiger partial charge is 0.463 e. The number of rotatable bonds is 7. The van der Waals surface area contributed by atoms with Crippen LogP contribution in [0.4, 0.5) is 13.2 Å². The van der Waals surface area contributed by atoms with Gasteiger partial charge in [-0.2, -0.15) is 13.2 Å². The third-order valence-corrected chi connectivity index (χ3v) is 5.43. The van der Waals surface area contributed by atoms with Crippen LogP contribution < -0.4 is 5.32 Å². The van der Waals surface area contributed by atoms with Crippen molar-refractivity contribution < 1.29 is 51.3 Å². The summed E-state index contributed by atoms with van der Waals surface area (Å²) in [6, 6.07) is 6.79. The summed E-state index contributed by atoms with van der Waals surface area (Å²) in [6.07, 6.45) is -9.50. The summed E-state index contributed by atoms with van der Waals surface area (Å²) < 4.78 is 60.2. The summed E-state index contributed by atoms with van der Waals surface area (Å²) in [7, 11) is 0. The molecule has 1 amide bonds. The van der Waals surface area contributed by atoms with Gasteiger partial charge in [0, 0.05) is 25.7 Å². The van der Waals surface area contributed by atoms with Crippen LogP contribution in [0.1, 0.15) is 20.8 Å². The zero-order chi connectivity index (χ0) is 24.8. The van der Waals surface area contributed by atoms with Gasteiger partial charge in [0.2, 0.25) is 0 Å². The maximum atomic E-state index is 13.0. The van der Waals surface area contributed by atoms with E-state index in [0.29, 0.717) is 4.90 Å². The fourth-order valence-electron chi connectivity index (χ4n) is 3.02. The van der Waals surface area contributed by atoms with Crippen LogP contribution in [0, 0.1) is 0 Å². The maximum Gasteiger partial charge on any atom is 0.471 e. The van der Waals surface area contributed by atoms with Crippen molar-refractivity contribution in [2.45, 2.75) is 61.6 Å². The second-order valence-electron chi connectivity index (χ2n) is 6.92. The third-order valence-electron chi connectivity index (χ3n) is 4.25. The second-order valence-corrected chi connectivity index (χ2v) is 8.09. The van der Waals surface area contributed by atoms with Crippen molar-refractivity contribution >= 4 is 35.6 Å². The number of nitrogens with one attached hydrogen (secondary N) is 1. The van der Waals surface area contributed by atoms with Gasteiger partial charge < -0.3 is 24.3 Å². The zero-order valence-electron chi connectivity index (χ0n) is 17.8. The van der Waals surface area contributed by atoms with E-state index < -0.39 is 66.4 Å². The van der Waals surface area contributed by atoms with Crippen molar-refractivity contribution in [1.82, 2.24) is 5.32 Å². The van der Waals surface area contributed by atoms with Gasteiger partial charge in [-0.25, -0.2) is 0 Å². The largest absolute Gasteiger partial charge is 0.471 e. The van der Waals surface area contributed by atoms with E-state index in [9.17, 15) is 32.3 Å². The standard InChI is InChI=1S/C20H22F3NO8S/c1-10(25)29-9-14-16(30-11(2)26)17(31-12(3)27)15(24-19(28)20(21,22)23)18(32-14)33-13-7-5-4-6-8-13/h4-8,14-18H,9H2,1-3H3,(H,24,28)/t14?,15?,16-,17-,18+/m1/s1. The average molecular weight is 493 g/mol. The fraction of sp³-hybridized carbons (Fsp3) is 0.500. The molecule has 0 saturated carbocycles. The minimum atomic E-state index is -5.24. The maximum absolute atomic E-state index is 13.0. The third kappa shape index (κ3) is 7.93. The second kappa shape index (κ2) is 11.4. The van der Waals surface area contributed by atoms with Crippen molar-refractivity contribution in [1.29, 1.82) is 0 Å². The van der Waals surface area contributed by atoms with Gasteiger partial charge in [0.25, 0.3) is 0 Å². The summed E-state index contributed by atoms with van der Waals surface area (Å²) >= 11 is 0.938. The molecule has 1 aromatic rings. The molecule has 33 heavy (non-hydrogen) atoms. The first-order chi connectivity index (χ1) is 15.4. The first kappa shape index (κ1) is 26.5. The summed E-state index contributed by atoms with van der Waals surface area (Å²) in [5, 5.41) is 1.79. The van der Waals surface area contributed by atoms with Crippen LogP contribution in [0.25, 0.3) is 0 Å². The highest BCUT2D eigenvalue weighted by molar-refractivity contribution is 7.99. The molecule has 2 rings (SSSR count). The first-order valence-corrected chi connectivity index (χ1v) is 10.5. The summed E-state index contributed by atoms with van der Waals surface area (Å²) in [5.74, 6) is -4.75. The number of hydrogen-bond acceptors (Lipinski definition) is 9. The predicted molar refractivity (Wildman–Crippen MR) is 107 cm³/mol. The van der Waals surface area contributed by atoms with Gasteiger partial charge in [0.05, 0.1) is 0 Å². The molecule has 1 N–H and O–H groups in total. The highest BCUT2D eigenvalue weighted by Gasteiger charge is 2.53. The van der Waals surface area contributed by atoms with Crippen molar-refractivity contribution in [3.05, 3.63) is 30.3 Å². The van der Waals surface area contributed by atoms with Crippen molar-refractivity contribution in [2.24, 2.45) is 0 Å². The van der Waals surface area contributed by atoms with E-state index in [1.165, 1.54) is 0 Å². The molecule has 0 aromatic heterocycles. The summed E-state index contributed by atoms with van der Waals surface area (Å²) in [4.78, 5) is 47.1. The first-order valence-electron chi connectivity index (χ1n) is 9.61. The molecular weight excluding hydrogens is 471 g/mol. The van der Waals surface area contributed by atoms with Crippen molar-refractivity contribution in [2.75, 3.05) is 6.61 Å². The quantitative estimate of drug-likeness (QED) is 0.449. The molecule has 0 aliphatic carbocycles. The normalized spacial score (nSPS) is 25.0. The highest BCUT2D eigenvalue weighted by Crippen LogP contribution is 2.36. The molecule has 1 fully saturated rings. The Morgan fingerprint density at radius 1 is 0.970 bits per heavy atom. The molecular formula is C20H22F3NO8S. The van der Waals surface area contributed by atoms with E-state index in [0.717, 1.165) is 32.5 Å². The van der Waals surface area contributed by atoms with Crippen LogP contribution in [0.3, 0.4) is 0 Å². The number of carbonyl (C=O) groups is 4. The van der Waals surface area contributed by atoms with Gasteiger partial charge in [-0.1, -0.05) is 30.0 Å². The molecule has 182 valence electrons. The molecule has 5 atom stereocenters. The molecule has 1 saturated heterocycles. The van der Waals surface area contributed by atoms with Crippen LogP contribution in [0.15, 0.2) is 35.2 Å². The number of carbonyl (C=O) groups excluding carboxylic acids is 4. The number of alkyl halides is 3. The Balaban J connectivity index is 2.49. The molecule has 0 bridgehead atoms. The van der Waals surface area contributed by atoms with Crippen LogP contribution in [-0.2, 0) is 38.1 Å². The molecule has 0 spiro atoms. The molecule has 13 heteroatoms. The molecule has 9 nitrogen and oxygen atoms in total. The van der Waals surface area contributed by atoms with Gasteiger partial charge in [0.1, 0.15) is 24.2 Å². The lowest BCUT2D eigenvalue weighted by Crippen LogP contribution is -2.66. The van der Waals surface area contributed by atoms with Gasteiger partial charge in [0.15, 0.2) is 12.2 Å². The van der Waals surface area contributed by atoms with E-state index in [1.807, 2.05) is 0 Å². The van der Waals surface area contributed by atoms with Crippen LogP contribution in [-0.4, -0.2) is 66.4 Å². The number of benzene rings is 1. The number of esters is 3. The van der Waals surface area contributed by atoms with Gasteiger partial charge in [-0.05, 0) is 12.1 Å². The Bertz CT molecular complexity index is 867. The fourth-order valence-corrected chi connectivity index (χ4v) is 4.17. The Labute approximate surface area is 191 Å². The topological polar surface area (TPSA) is 117 Å². The number of ether oxygens (including phenoxy) is 4. The Morgan fingerprint density at radius 3 is 2.06 bits per heavy atom. The highest BCUT2D eigenvalue weighted by atomic mass is 32.2. The molecule has 1 aliphatic rings. The SMILES string of the molecule is CC(=O)OCC1O[C@@H](Sc2ccccc2)C(NC(=O)C(F)(F)F)[C@@H](OC(C)=O)[C@@H]1OC(C)=O. The van der Waals surface area contributed by atoms with E-state index in [2.05, 4.69) is 0 Å². The van der Waals surface area contributed by atoms with Crippen LogP contribution in [0.2, 0.25) is 0 Å². The number of amides is 1. The Kier molecular flexibility index (Phi) is 9.11. The summed E-state index contributed by atoms with van der Waals surface area (Å²) in [6.45, 7) is 2.71. The molecule has 2 unspecified atom stereocenters. The van der Waals surface area contributed by atoms with Crippen molar-refractivity contribution in [3.63, 3.8) is 0 Å². The lowest BCUT2D eigenvalue weighted by Gasteiger charge is -2.45. The van der Waals surface area contributed by atoms with Crippen LogP contribution >= 0.6 is 11.8 Å². The van der Waals surface area contributed by atoms with E-state index in [1.54, 1.807) is 35.6 Å². The Morgan fingerprint density at radius 2 is 1.55 bits per heavy atom. The molecule has 0 radical (unpaired) electrons. The number of thioether (sulfide) groups is 1. The predicted octanol–water partition coefficient (Wildman–Crippen LogP) is 1.98.